The highest BCUT2D eigenvalue weighted by molar-refractivity contribution is 7.08. The summed E-state index contributed by atoms with van der Waals surface area (Å²) in [6.45, 7) is 0. The van der Waals surface area contributed by atoms with Crippen LogP contribution in [-0.2, 0) is 0 Å². The van der Waals surface area contributed by atoms with Crippen molar-refractivity contribution in [2.24, 2.45) is 0 Å². The lowest BCUT2D eigenvalue weighted by molar-refractivity contribution is 0.416. The molecule has 0 saturated heterocycles. The van der Waals surface area contributed by atoms with Gasteiger partial charge >= 0.3 is 0 Å². The van der Waals surface area contributed by atoms with Crippen molar-refractivity contribution in [3.05, 3.63) is 29.1 Å². The third-order valence-corrected chi connectivity index (χ3v) is 4.45. The molecule has 3 aromatic heterocycles. The first kappa shape index (κ1) is 11.8. The number of nitrogens with zero attached hydrogens (tertiary/aromatic N) is 4. The van der Waals surface area contributed by atoms with Gasteiger partial charge in [0.25, 0.3) is 5.89 Å². The number of hydrogen-bond donors (Lipinski definition) is 0. The molecule has 1 aliphatic rings. The number of hydrogen-bond acceptors (Lipinski definition) is 5. The molecule has 0 spiro atoms. The van der Waals surface area contributed by atoms with Crippen LogP contribution in [0.5, 0.6) is 0 Å². The molecule has 3 aromatic rings. The van der Waals surface area contributed by atoms with Crippen molar-refractivity contribution < 1.29 is 4.52 Å². The van der Waals surface area contributed by atoms with Gasteiger partial charge in [-0.25, -0.2) is 0 Å². The van der Waals surface area contributed by atoms with Crippen LogP contribution in [0.1, 0.15) is 31.7 Å². The van der Waals surface area contributed by atoms with E-state index in [1.54, 1.807) is 11.3 Å². The first-order valence-electron chi connectivity index (χ1n) is 6.82. The fourth-order valence-electron chi connectivity index (χ4n) is 2.76. The van der Waals surface area contributed by atoms with Crippen LogP contribution in [0.15, 0.2) is 33.6 Å². The lowest BCUT2D eigenvalue weighted by Crippen LogP contribution is -2.08. The molecule has 3 heterocycles. The minimum atomic E-state index is 0.469. The Morgan fingerprint density at radius 1 is 1.25 bits per heavy atom. The first-order chi connectivity index (χ1) is 9.92. The molecule has 20 heavy (non-hydrogen) atoms. The van der Waals surface area contributed by atoms with E-state index >= 15 is 0 Å². The highest BCUT2D eigenvalue weighted by Gasteiger charge is 2.23. The van der Waals surface area contributed by atoms with Gasteiger partial charge in [0.05, 0.1) is 6.04 Å². The minimum Gasteiger partial charge on any atom is -0.332 e. The summed E-state index contributed by atoms with van der Waals surface area (Å²) in [7, 11) is 0. The fraction of sp³-hybridized carbons (Fsp3) is 0.357. The molecule has 1 aliphatic carbocycles. The first-order valence-corrected chi connectivity index (χ1v) is 7.76. The molecular formula is C14H14N4OS. The predicted octanol–water partition coefficient (Wildman–Crippen LogP) is 3.78. The zero-order chi connectivity index (χ0) is 13.4. The zero-order valence-corrected chi connectivity index (χ0v) is 11.7. The number of thiophene rings is 1. The molecule has 0 aliphatic heterocycles. The van der Waals surface area contributed by atoms with E-state index in [1.165, 1.54) is 25.7 Å². The minimum absolute atomic E-state index is 0.469. The van der Waals surface area contributed by atoms with E-state index in [1.807, 2.05) is 33.8 Å². The largest absolute Gasteiger partial charge is 0.332 e. The molecule has 0 unspecified atom stereocenters. The van der Waals surface area contributed by atoms with Crippen molar-refractivity contribution in [1.29, 1.82) is 0 Å². The second kappa shape index (κ2) is 4.86. The van der Waals surface area contributed by atoms with E-state index in [-0.39, 0.29) is 0 Å². The van der Waals surface area contributed by atoms with Crippen LogP contribution in [-0.4, -0.2) is 19.9 Å². The molecule has 0 atom stereocenters. The SMILES string of the molecule is c1cc(-c2nc(-c3ccsc3)no2)n(C2CCCC2)n1. The van der Waals surface area contributed by atoms with Crippen LogP contribution < -0.4 is 0 Å². The Bertz CT molecular complexity index is 694. The van der Waals surface area contributed by atoms with Crippen molar-refractivity contribution in [2.45, 2.75) is 31.7 Å². The van der Waals surface area contributed by atoms with Gasteiger partial charge in [-0.05, 0) is 30.4 Å². The summed E-state index contributed by atoms with van der Waals surface area (Å²) < 4.78 is 7.46. The number of rotatable bonds is 3. The Balaban J connectivity index is 1.70. The molecule has 1 fully saturated rings. The van der Waals surface area contributed by atoms with E-state index in [4.69, 9.17) is 4.52 Å². The highest BCUT2D eigenvalue weighted by atomic mass is 32.1. The Morgan fingerprint density at radius 3 is 2.95 bits per heavy atom. The zero-order valence-electron chi connectivity index (χ0n) is 10.9. The van der Waals surface area contributed by atoms with E-state index in [2.05, 4.69) is 15.2 Å². The van der Waals surface area contributed by atoms with E-state index in [0.717, 1.165) is 11.3 Å². The molecule has 0 radical (unpaired) electrons. The molecule has 6 heteroatoms. The monoisotopic (exact) mass is 286 g/mol. The molecule has 5 nitrogen and oxygen atoms in total. The summed E-state index contributed by atoms with van der Waals surface area (Å²) in [6.07, 6.45) is 6.71. The Labute approximate surface area is 120 Å². The van der Waals surface area contributed by atoms with Crippen LogP contribution in [0.4, 0.5) is 0 Å². The standard InChI is InChI=1S/C14H14N4OS/c1-2-4-11(3-1)18-12(5-7-15-18)14-16-13(17-19-14)10-6-8-20-9-10/h5-9,11H,1-4H2. The van der Waals surface area contributed by atoms with Crippen molar-refractivity contribution in [3.8, 4) is 23.0 Å². The Kier molecular flexibility index (Phi) is 2.88. The van der Waals surface area contributed by atoms with Crippen molar-refractivity contribution >= 4 is 11.3 Å². The Morgan fingerprint density at radius 2 is 2.15 bits per heavy atom. The Hall–Kier alpha value is -1.95. The summed E-state index contributed by atoms with van der Waals surface area (Å²) in [5, 5.41) is 12.5. The van der Waals surface area contributed by atoms with Crippen LogP contribution >= 0.6 is 11.3 Å². The van der Waals surface area contributed by atoms with Gasteiger partial charge < -0.3 is 4.52 Å². The van der Waals surface area contributed by atoms with Crippen LogP contribution in [0, 0.1) is 0 Å². The summed E-state index contributed by atoms with van der Waals surface area (Å²) in [5.74, 6) is 1.19. The van der Waals surface area contributed by atoms with Crippen LogP contribution in [0.2, 0.25) is 0 Å². The molecule has 0 N–H and O–H groups in total. The second-order valence-corrected chi connectivity index (χ2v) is 5.81. The molecule has 0 bridgehead atoms. The molecule has 0 aromatic carbocycles. The highest BCUT2D eigenvalue weighted by Crippen LogP contribution is 2.33. The molecule has 4 rings (SSSR count). The van der Waals surface area contributed by atoms with Crippen LogP contribution in [0.3, 0.4) is 0 Å². The topological polar surface area (TPSA) is 56.7 Å². The molecule has 0 amide bonds. The maximum Gasteiger partial charge on any atom is 0.276 e. The van der Waals surface area contributed by atoms with Crippen molar-refractivity contribution in [2.75, 3.05) is 0 Å². The average Bonchev–Trinajstić information content (AvgIpc) is 3.23. The van der Waals surface area contributed by atoms with E-state index < -0.39 is 0 Å². The fourth-order valence-corrected chi connectivity index (χ4v) is 3.39. The third-order valence-electron chi connectivity index (χ3n) is 3.77. The smallest absolute Gasteiger partial charge is 0.276 e. The van der Waals surface area contributed by atoms with Gasteiger partial charge in [-0.2, -0.15) is 21.4 Å². The van der Waals surface area contributed by atoms with Crippen LogP contribution in [0.25, 0.3) is 23.0 Å². The van der Waals surface area contributed by atoms with Gasteiger partial charge in [-0.1, -0.05) is 18.0 Å². The van der Waals surface area contributed by atoms with Gasteiger partial charge in [-0.3, -0.25) is 4.68 Å². The molecule has 102 valence electrons. The number of aromatic nitrogens is 4. The van der Waals surface area contributed by atoms with E-state index in [0.29, 0.717) is 17.8 Å². The third kappa shape index (κ3) is 1.96. The van der Waals surface area contributed by atoms with Gasteiger partial charge in [0.1, 0.15) is 5.69 Å². The van der Waals surface area contributed by atoms with Gasteiger partial charge in [0.2, 0.25) is 5.82 Å². The summed E-state index contributed by atoms with van der Waals surface area (Å²) in [5.41, 5.74) is 1.92. The lowest BCUT2D eigenvalue weighted by atomic mass is 10.2. The molecular weight excluding hydrogens is 272 g/mol. The predicted molar refractivity (Wildman–Crippen MR) is 76.3 cm³/mol. The summed E-state index contributed by atoms with van der Waals surface area (Å²) in [4.78, 5) is 4.50. The lowest BCUT2D eigenvalue weighted by Gasteiger charge is -2.11. The van der Waals surface area contributed by atoms with E-state index in [9.17, 15) is 0 Å². The quantitative estimate of drug-likeness (QED) is 0.735. The van der Waals surface area contributed by atoms with Crippen molar-refractivity contribution in [3.63, 3.8) is 0 Å². The van der Waals surface area contributed by atoms with Gasteiger partial charge in [-0.15, -0.1) is 0 Å². The van der Waals surface area contributed by atoms with Crippen molar-refractivity contribution in [1.82, 2.24) is 19.9 Å². The average molecular weight is 286 g/mol. The normalized spacial score (nSPS) is 16.0. The summed E-state index contributed by atoms with van der Waals surface area (Å²) in [6, 6.07) is 4.41. The second-order valence-electron chi connectivity index (χ2n) is 5.03. The summed E-state index contributed by atoms with van der Waals surface area (Å²) >= 11 is 1.63. The molecule has 1 saturated carbocycles. The van der Waals surface area contributed by atoms with Gasteiger partial charge in [0.15, 0.2) is 0 Å². The maximum absolute atomic E-state index is 5.42. The van der Waals surface area contributed by atoms with Gasteiger partial charge in [0, 0.05) is 17.1 Å². The maximum atomic E-state index is 5.42.